The lowest BCUT2D eigenvalue weighted by Gasteiger charge is -2.14. The van der Waals surface area contributed by atoms with Gasteiger partial charge in [0.15, 0.2) is 0 Å². The molecular formula is C13H17N3O3. The van der Waals surface area contributed by atoms with Crippen LogP contribution in [0.3, 0.4) is 0 Å². The molecule has 0 spiro atoms. The maximum atomic E-state index is 12.1. The molecule has 0 bridgehead atoms. The first-order valence-corrected chi connectivity index (χ1v) is 5.93. The van der Waals surface area contributed by atoms with Gasteiger partial charge in [0, 0.05) is 29.9 Å². The number of aliphatic hydroxyl groups excluding tert-OH is 1. The van der Waals surface area contributed by atoms with Crippen LogP contribution in [-0.2, 0) is 4.74 Å². The summed E-state index contributed by atoms with van der Waals surface area (Å²) in [7, 11) is 1.52. The number of aliphatic hydroxyl groups is 1. The number of nitrogens with two attached hydrogens (primary N) is 1. The maximum absolute atomic E-state index is 12.1. The maximum Gasteiger partial charge on any atom is 0.253 e. The zero-order chi connectivity index (χ0) is 13.8. The van der Waals surface area contributed by atoms with Crippen LogP contribution >= 0.6 is 0 Å². The van der Waals surface area contributed by atoms with E-state index in [2.05, 4.69) is 10.3 Å². The van der Waals surface area contributed by atoms with Gasteiger partial charge in [-0.05, 0) is 18.2 Å². The van der Waals surface area contributed by atoms with Crippen LogP contribution in [0.15, 0.2) is 24.4 Å². The molecule has 2 aromatic rings. The minimum absolute atomic E-state index is 0.172. The van der Waals surface area contributed by atoms with Gasteiger partial charge in [-0.1, -0.05) is 0 Å². The monoisotopic (exact) mass is 263 g/mol. The molecule has 19 heavy (non-hydrogen) atoms. The molecule has 1 aromatic carbocycles. The molecule has 1 unspecified atom stereocenters. The average molecular weight is 263 g/mol. The van der Waals surface area contributed by atoms with Crippen molar-refractivity contribution in [1.29, 1.82) is 0 Å². The Labute approximate surface area is 110 Å². The molecule has 1 amide bonds. The van der Waals surface area contributed by atoms with Crippen molar-refractivity contribution < 1.29 is 14.6 Å². The highest BCUT2D eigenvalue weighted by Crippen LogP contribution is 2.20. The van der Waals surface area contributed by atoms with Crippen LogP contribution in [0.2, 0.25) is 0 Å². The van der Waals surface area contributed by atoms with E-state index in [0.717, 1.165) is 10.9 Å². The number of aromatic amines is 1. The summed E-state index contributed by atoms with van der Waals surface area (Å²) in [6, 6.07) is 4.88. The van der Waals surface area contributed by atoms with Gasteiger partial charge in [-0.25, -0.2) is 0 Å². The van der Waals surface area contributed by atoms with Crippen molar-refractivity contribution in [1.82, 2.24) is 10.3 Å². The summed E-state index contributed by atoms with van der Waals surface area (Å²) in [4.78, 5) is 15.1. The number of hydrogen-bond acceptors (Lipinski definition) is 4. The first-order valence-electron chi connectivity index (χ1n) is 5.93. The van der Waals surface area contributed by atoms with Crippen LogP contribution in [0.4, 0.5) is 5.69 Å². The number of H-pyrrole nitrogens is 1. The Balaban J connectivity index is 2.21. The second kappa shape index (κ2) is 5.73. The Morgan fingerprint density at radius 1 is 1.58 bits per heavy atom. The van der Waals surface area contributed by atoms with Gasteiger partial charge < -0.3 is 25.9 Å². The van der Waals surface area contributed by atoms with E-state index in [4.69, 9.17) is 15.6 Å². The molecule has 0 radical (unpaired) electrons. The molecule has 0 aliphatic carbocycles. The van der Waals surface area contributed by atoms with Gasteiger partial charge in [0.25, 0.3) is 5.91 Å². The van der Waals surface area contributed by atoms with E-state index in [-0.39, 0.29) is 19.1 Å². The minimum atomic E-state index is -0.420. The summed E-state index contributed by atoms with van der Waals surface area (Å²) < 4.78 is 4.92. The zero-order valence-corrected chi connectivity index (χ0v) is 10.6. The van der Waals surface area contributed by atoms with E-state index in [1.165, 1.54) is 7.11 Å². The van der Waals surface area contributed by atoms with Crippen LogP contribution in [0.25, 0.3) is 10.9 Å². The number of hydrogen-bond donors (Lipinski definition) is 4. The predicted molar refractivity (Wildman–Crippen MR) is 72.9 cm³/mol. The largest absolute Gasteiger partial charge is 0.399 e. The third-order valence-electron chi connectivity index (χ3n) is 2.87. The molecule has 0 saturated carbocycles. The van der Waals surface area contributed by atoms with Crippen LogP contribution in [0.1, 0.15) is 10.4 Å². The van der Waals surface area contributed by atoms with E-state index in [9.17, 15) is 4.79 Å². The van der Waals surface area contributed by atoms with Crippen LogP contribution in [0.5, 0.6) is 0 Å². The van der Waals surface area contributed by atoms with Crippen molar-refractivity contribution >= 4 is 22.5 Å². The summed E-state index contributed by atoms with van der Waals surface area (Å²) in [5.74, 6) is -0.257. The van der Waals surface area contributed by atoms with Crippen molar-refractivity contribution in [3.05, 3.63) is 30.0 Å². The van der Waals surface area contributed by atoms with E-state index in [1.807, 2.05) is 0 Å². The summed E-state index contributed by atoms with van der Waals surface area (Å²) in [6.07, 6.45) is 1.63. The number of carbonyl (C=O) groups excluding carboxylic acids is 1. The molecule has 0 aliphatic heterocycles. The fourth-order valence-corrected chi connectivity index (χ4v) is 1.94. The summed E-state index contributed by atoms with van der Waals surface area (Å²) >= 11 is 0. The normalized spacial score (nSPS) is 12.5. The molecule has 6 nitrogen and oxygen atoms in total. The van der Waals surface area contributed by atoms with Crippen molar-refractivity contribution in [2.24, 2.45) is 0 Å². The number of fused-ring (bicyclic) bond motifs is 1. The molecule has 1 heterocycles. The number of methoxy groups -OCH3 is 1. The molecule has 0 saturated heterocycles. The fourth-order valence-electron chi connectivity index (χ4n) is 1.94. The van der Waals surface area contributed by atoms with Crippen molar-refractivity contribution in [3.63, 3.8) is 0 Å². The topological polar surface area (TPSA) is 100 Å². The molecule has 0 fully saturated rings. The third-order valence-corrected chi connectivity index (χ3v) is 2.87. The molecule has 5 N–H and O–H groups in total. The number of rotatable bonds is 5. The van der Waals surface area contributed by atoms with Gasteiger partial charge in [0.1, 0.15) is 0 Å². The summed E-state index contributed by atoms with van der Waals surface area (Å²) in [6.45, 7) is 0.0897. The van der Waals surface area contributed by atoms with Crippen molar-refractivity contribution in [3.8, 4) is 0 Å². The number of benzene rings is 1. The summed E-state index contributed by atoms with van der Waals surface area (Å²) in [5, 5.41) is 12.6. The van der Waals surface area contributed by atoms with E-state index in [1.54, 1.807) is 24.4 Å². The molecule has 102 valence electrons. The van der Waals surface area contributed by atoms with Gasteiger partial charge in [-0.2, -0.15) is 0 Å². The smallest absolute Gasteiger partial charge is 0.253 e. The predicted octanol–water partition coefficient (Wildman–Crippen LogP) is 0.487. The second-order valence-electron chi connectivity index (χ2n) is 4.32. The zero-order valence-electron chi connectivity index (χ0n) is 10.6. The number of nitrogen functional groups attached to an aromatic ring is 1. The molecule has 2 rings (SSSR count). The van der Waals surface area contributed by atoms with Gasteiger partial charge in [0.2, 0.25) is 0 Å². The van der Waals surface area contributed by atoms with Crippen molar-refractivity contribution in [2.75, 3.05) is 26.1 Å². The van der Waals surface area contributed by atoms with Crippen LogP contribution in [0, 0.1) is 0 Å². The number of ether oxygens (including phenoxy) is 1. The first kappa shape index (κ1) is 13.4. The summed E-state index contributed by atoms with van der Waals surface area (Å²) in [5.41, 5.74) is 7.64. The number of anilines is 1. The number of carbonyl (C=O) groups is 1. The molecule has 6 heteroatoms. The number of amides is 1. The molecule has 1 aromatic heterocycles. The highest BCUT2D eigenvalue weighted by molar-refractivity contribution is 6.07. The van der Waals surface area contributed by atoms with E-state index < -0.39 is 6.04 Å². The lowest BCUT2D eigenvalue weighted by Crippen LogP contribution is -2.40. The van der Waals surface area contributed by atoms with Crippen LogP contribution < -0.4 is 11.1 Å². The highest BCUT2D eigenvalue weighted by atomic mass is 16.5. The lowest BCUT2D eigenvalue weighted by molar-refractivity contribution is 0.0841. The first-order chi connectivity index (χ1) is 9.15. The Hall–Kier alpha value is -2.05. The Morgan fingerprint density at radius 2 is 2.37 bits per heavy atom. The Bertz CT molecular complexity index is 580. The minimum Gasteiger partial charge on any atom is -0.399 e. The van der Waals surface area contributed by atoms with E-state index >= 15 is 0 Å². The highest BCUT2D eigenvalue weighted by Gasteiger charge is 2.16. The van der Waals surface area contributed by atoms with Crippen molar-refractivity contribution in [2.45, 2.75) is 6.04 Å². The molecular weight excluding hydrogens is 246 g/mol. The standard InChI is InChI=1S/C13H17N3O3/c1-19-7-9(6-17)16-13(18)11-5-15-12-4-8(14)2-3-10(11)12/h2-5,9,15,17H,6-7,14H2,1H3,(H,16,18). The average Bonchev–Trinajstić information content (AvgIpc) is 2.80. The SMILES string of the molecule is COCC(CO)NC(=O)c1c[nH]c2cc(N)ccc12. The Kier molecular flexibility index (Phi) is 4.03. The molecule has 1 atom stereocenters. The van der Waals surface area contributed by atoms with Gasteiger partial charge in [-0.3, -0.25) is 4.79 Å². The fraction of sp³-hybridized carbons (Fsp3) is 0.308. The second-order valence-corrected chi connectivity index (χ2v) is 4.32. The molecule has 0 aliphatic rings. The third kappa shape index (κ3) is 2.86. The van der Waals surface area contributed by atoms with Gasteiger partial charge >= 0.3 is 0 Å². The van der Waals surface area contributed by atoms with E-state index in [0.29, 0.717) is 11.3 Å². The number of nitrogens with one attached hydrogen (secondary N) is 2. The lowest BCUT2D eigenvalue weighted by atomic mass is 10.1. The Morgan fingerprint density at radius 3 is 3.05 bits per heavy atom. The quantitative estimate of drug-likeness (QED) is 0.590. The number of aromatic nitrogens is 1. The van der Waals surface area contributed by atoms with Crippen LogP contribution in [-0.4, -0.2) is 42.4 Å². The van der Waals surface area contributed by atoms with Gasteiger partial charge in [-0.15, -0.1) is 0 Å². The van der Waals surface area contributed by atoms with Gasteiger partial charge in [0.05, 0.1) is 24.8 Å².